The number of nitrogens with zero attached hydrogens (tertiary/aromatic N) is 1. The minimum absolute atomic E-state index is 0.0305. The van der Waals surface area contributed by atoms with Gasteiger partial charge in [-0.25, -0.2) is 4.39 Å². The summed E-state index contributed by atoms with van der Waals surface area (Å²) >= 11 is 5.53. The first-order chi connectivity index (χ1) is 7.91. The van der Waals surface area contributed by atoms with Gasteiger partial charge in [0.1, 0.15) is 11.6 Å². The fraction of sp³-hybridized carbons (Fsp3) is 0.417. The Morgan fingerprint density at radius 2 is 2.18 bits per heavy atom. The van der Waals surface area contributed by atoms with Crippen LogP contribution in [0.1, 0.15) is 13.8 Å². The van der Waals surface area contributed by atoms with Crippen molar-refractivity contribution in [3.63, 3.8) is 0 Å². The summed E-state index contributed by atoms with van der Waals surface area (Å²) in [5, 5.41) is 0.0305. The van der Waals surface area contributed by atoms with E-state index in [1.807, 2.05) is 13.8 Å². The molecule has 1 rings (SSSR count). The number of halogens is 2. The predicted molar refractivity (Wildman–Crippen MR) is 64.8 cm³/mol. The Kier molecular flexibility index (Phi) is 4.75. The molecule has 0 aliphatic heterocycles. The van der Waals surface area contributed by atoms with Crippen LogP contribution >= 0.6 is 11.6 Å². The molecule has 17 heavy (non-hydrogen) atoms. The number of hydrogen-bond donors (Lipinski definition) is 0. The van der Waals surface area contributed by atoms with Crippen molar-refractivity contribution in [1.82, 2.24) is 4.90 Å². The Bertz CT molecular complexity index is 409. The largest absolute Gasteiger partial charge is 0.484 e. The summed E-state index contributed by atoms with van der Waals surface area (Å²) in [6.45, 7) is 3.69. The Morgan fingerprint density at radius 3 is 2.71 bits per heavy atom. The number of amides is 1. The van der Waals surface area contributed by atoms with Gasteiger partial charge in [-0.1, -0.05) is 11.6 Å². The lowest BCUT2D eigenvalue weighted by atomic mass is 10.3. The van der Waals surface area contributed by atoms with Crippen LogP contribution in [0, 0.1) is 5.82 Å². The first kappa shape index (κ1) is 13.8. The molecular formula is C12H15ClFNO2. The van der Waals surface area contributed by atoms with Gasteiger partial charge in [-0.2, -0.15) is 0 Å². The van der Waals surface area contributed by atoms with Crippen molar-refractivity contribution in [3.05, 3.63) is 29.0 Å². The highest BCUT2D eigenvalue weighted by molar-refractivity contribution is 6.30. The molecule has 1 aromatic rings. The van der Waals surface area contributed by atoms with Gasteiger partial charge in [-0.05, 0) is 26.0 Å². The van der Waals surface area contributed by atoms with Gasteiger partial charge in [0.05, 0.1) is 5.02 Å². The number of carbonyl (C=O) groups excluding carboxylic acids is 1. The van der Waals surface area contributed by atoms with Gasteiger partial charge in [0, 0.05) is 19.2 Å². The molecule has 0 aliphatic carbocycles. The Hall–Kier alpha value is -1.29. The lowest BCUT2D eigenvalue weighted by Gasteiger charge is -2.21. The van der Waals surface area contributed by atoms with Gasteiger partial charge < -0.3 is 9.64 Å². The zero-order valence-corrected chi connectivity index (χ0v) is 10.8. The van der Waals surface area contributed by atoms with E-state index in [9.17, 15) is 9.18 Å². The van der Waals surface area contributed by atoms with Crippen molar-refractivity contribution in [1.29, 1.82) is 0 Å². The fourth-order valence-electron chi connectivity index (χ4n) is 1.10. The smallest absolute Gasteiger partial charge is 0.260 e. The van der Waals surface area contributed by atoms with Gasteiger partial charge in [-0.15, -0.1) is 0 Å². The van der Waals surface area contributed by atoms with E-state index in [-0.39, 0.29) is 29.3 Å². The second-order valence-corrected chi connectivity index (χ2v) is 4.37. The quantitative estimate of drug-likeness (QED) is 0.832. The molecule has 0 fully saturated rings. The number of carbonyl (C=O) groups is 1. The molecule has 0 bridgehead atoms. The summed E-state index contributed by atoms with van der Waals surface area (Å²) in [6, 6.07) is 4.18. The summed E-state index contributed by atoms with van der Waals surface area (Å²) in [5.74, 6) is -0.429. The van der Waals surface area contributed by atoms with Crippen molar-refractivity contribution < 1.29 is 13.9 Å². The SMILES string of the molecule is CC(C)N(C)C(=O)COc1ccc(Cl)c(F)c1. The third kappa shape index (κ3) is 3.89. The first-order valence-electron chi connectivity index (χ1n) is 5.25. The van der Waals surface area contributed by atoms with Crippen molar-refractivity contribution in [2.75, 3.05) is 13.7 Å². The third-order valence-corrected chi connectivity index (χ3v) is 2.73. The zero-order chi connectivity index (χ0) is 13.0. The molecule has 0 radical (unpaired) electrons. The van der Waals surface area contributed by atoms with Crippen LogP contribution in [0.2, 0.25) is 5.02 Å². The fourth-order valence-corrected chi connectivity index (χ4v) is 1.22. The molecule has 0 aromatic heterocycles. The molecular weight excluding hydrogens is 245 g/mol. The normalized spacial score (nSPS) is 10.5. The molecule has 0 heterocycles. The van der Waals surface area contributed by atoms with Gasteiger partial charge in [0.2, 0.25) is 0 Å². The molecule has 5 heteroatoms. The van der Waals surface area contributed by atoms with Crippen LogP contribution in [0.5, 0.6) is 5.75 Å². The summed E-state index contributed by atoms with van der Waals surface area (Å²) < 4.78 is 18.3. The highest BCUT2D eigenvalue weighted by Gasteiger charge is 2.12. The van der Waals surface area contributed by atoms with Gasteiger partial charge in [0.25, 0.3) is 5.91 Å². The monoisotopic (exact) mass is 259 g/mol. The van der Waals surface area contributed by atoms with Crippen LogP contribution in [-0.4, -0.2) is 30.5 Å². The predicted octanol–water partition coefficient (Wildman–Crippen LogP) is 2.72. The average molecular weight is 260 g/mol. The van der Waals surface area contributed by atoms with Gasteiger partial charge in [-0.3, -0.25) is 4.79 Å². The molecule has 0 unspecified atom stereocenters. The van der Waals surface area contributed by atoms with Crippen LogP contribution < -0.4 is 4.74 Å². The Labute approximate surface area is 105 Å². The summed E-state index contributed by atoms with van der Waals surface area (Å²) in [6.07, 6.45) is 0. The minimum Gasteiger partial charge on any atom is -0.484 e. The van der Waals surface area contributed by atoms with Crippen LogP contribution in [0.4, 0.5) is 4.39 Å². The average Bonchev–Trinajstić information content (AvgIpc) is 2.29. The van der Waals surface area contributed by atoms with E-state index < -0.39 is 5.82 Å². The number of rotatable bonds is 4. The minimum atomic E-state index is -0.561. The molecule has 0 saturated carbocycles. The van der Waals surface area contributed by atoms with Crippen molar-refractivity contribution >= 4 is 17.5 Å². The van der Waals surface area contributed by atoms with Gasteiger partial charge >= 0.3 is 0 Å². The third-order valence-electron chi connectivity index (χ3n) is 2.42. The van der Waals surface area contributed by atoms with Crippen molar-refractivity contribution in [2.24, 2.45) is 0 Å². The molecule has 0 aliphatic rings. The molecule has 1 aromatic carbocycles. The summed E-state index contributed by atoms with van der Waals surface area (Å²) in [4.78, 5) is 13.2. The molecule has 94 valence electrons. The molecule has 1 amide bonds. The van der Waals surface area contributed by atoms with E-state index in [2.05, 4.69) is 0 Å². The molecule has 0 N–H and O–H groups in total. The molecule has 3 nitrogen and oxygen atoms in total. The Morgan fingerprint density at radius 1 is 1.53 bits per heavy atom. The molecule has 0 spiro atoms. The van der Waals surface area contributed by atoms with E-state index >= 15 is 0 Å². The van der Waals surface area contributed by atoms with E-state index in [0.29, 0.717) is 0 Å². The second-order valence-electron chi connectivity index (χ2n) is 3.96. The van der Waals surface area contributed by atoms with Crippen molar-refractivity contribution in [2.45, 2.75) is 19.9 Å². The highest BCUT2D eigenvalue weighted by atomic mass is 35.5. The highest BCUT2D eigenvalue weighted by Crippen LogP contribution is 2.20. The number of benzene rings is 1. The van der Waals surface area contributed by atoms with Crippen LogP contribution in [0.3, 0.4) is 0 Å². The van der Waals surface area contributed by atoms with Gasteiger partial charge in [0.15, 0.2) is 6.61 Å². The van der Waals surface area contributed by atoms with E-state index in [4.69, 9.17) is 16.3 Å². The number of likely N-dealkylation sites (N-methyl/N-ethyl adjacent to an activating group) is 1. The van der Waals surface area contributed by atoms with Crippen molar-refractivity contribution in [3.8, 4) is 5.75 Å². The van der Waals surface area contributed by atoms with E-state index in [1.54, 1.807) is 11.9 Å². The lowest BCUT2D eigenvalue weighted by Crippen LogP contribution is -2.36. The second kappa shape index (κ2) is 5.87. The standard InChI is InChI=1S/C12H15ClFNO2/c1-8(2)15(3)12(16)7-17-9-4-5-10(13)11(14)6-9/h4-6,8H,7H2,1-3H3. The van der Waals surface area contributed by atoms with Crippen LogP contribution in [0.15, 0.2) is 18.2 Å². The van der Waals surface area contributed by atoms with Crippen LogP contribution in [-0.2, 0) is 4.79 Å². The topological polar surface area (TPSA) is 29.5 Å². The molecule has 0 saturated heterocycles. The first-order valence-corrected chi connectivity index (χ1v) is 5.63. The van der Waals surface area contributed by atoms with E-state index in [1.165, 1.54) is 12.1 Å². The summed E-state index contributed by atoms with van der Waals surface area (Å²) in [5.41, 5.74) is 0. The Balaban J connectivity index is 2.56. The maximum absolute atomic E-state index is 13.1. The van der Waals surface area contributed by atoms with E-state index in [0.717, 1.165) is 6.07 Å². The molecule has 0 atom stereocenters. The maximum Gasteiger partial charge on any atom is 0.260 e. The van der Waals surface area contributed by atoms with Crippen LogP contribution in [0.25, 0.3) is 0 Å². The number of ether oxygens (including phenoxy) is 1. The lowest BCUT2D eigenvalue weighted by molar-refractivity contribution is -0.133. The summed E-state index contributed by atoms with van der Waals surface area (Å²) in [7, 11) is 1.69. The zero-order valence-electron chi connectivity index (χ0n) is 10.0. The maximum atomic E-state index is 13.1. The number of hydrogen-bond acceptors (Lipinski definition) is 2.